The summed E-state index contributed by atoms with van der Waals surface area (Å²) in [5.41, 5.74) is 4.87. The van der Waals surface area contributed by atoms with E-state index in [4.69, 9.17) is 34.8 Å². The van der Waals surface area contributed by atoms with E-state index >= 15 is 0 Å². The molecule has 0 amide bonds. The average Bonchev–Trinajstić information content (AvgIpc) is 1.77. The lowest BCUT2D eigenvalue weighted by Gasteiger charge is -2.00. The van der Waals surface area contributed by atoms with Crippen LogP contribution >= 0.6 is 15.6 Å². The Hall–Kier alpha value is 0.180. The van der Waals surface area contributed by atoms with Crippen LogP contribution < -0.4 is 5.73 Å². The van der Waals surface area contributed by atoms with Gasteiger partial charge in [-0.05, 0) is 0 Å². The molecular weight excluding hydrogens is 228 g/mol. The Morgan fingerprint density at radius 1 is 1.08 bits per heavy atom. The molecule has 0 rings (SSSR count). The summed E-state index contributed by atoms with van der Waals surface area (Å²) in [7, 11) is -8.90. The second-order valence-corrected chi connectivity index (χ2v) is 3.89. The van der Waals surface area contributed by atoms with Crippen molar-refractivity contribution in [1.82, 2.24) is 0 Å². The van der Waals surface area contributed by atoms with Gasteiger partial charge >= 0.3 is 15.6 Å². The lowest BCUT2D eigenvalue weighted by atomic mass is 10.8. The standard InChI is InChI=1S/C2H8NO4P.H3O4P/c3-1-2-7-8(4,5)6;1-5(2,3)4/h1-3H2,(H2,4,5,6);(H3,1,2,3,4). The fraction of sp³-hybridized carbons (Fsp3) is 1.00. The largest absolute Gasteiger partial charge is 0.469 e. The first-order chi connectivity index (χ1) is 5.56. The maximum atomic E-state index is 9.81. The minimum Gasteiger partial charge on any atom is -0.328 e. The van der Waals surface area contributed by atoms with E-state index in [1.807, 2.05) is 0 Å². The van der Waals surface area contributed by atoms with Gasteiger partial charge in [0.15, 0.2) is 0 Å². The van der Waals surface area contributed by atoms with Crippen LogP contribution in [-0.2, 0) is 13.7 Å². The molecule has 0 heterocycles. The Kier molecular flexibility index (Phi) is 7.95. The van der Waals surface area contributed by atoms with E-state index in [1.54, 1.807) is 0 Å². The zero-order chi connectivity index (χ0) is 11.1. The Morgan fingerprint density at radius 2 is 1.38 bits per heavy atom. The first kappa shape index (κ1) is 15.6. The fourth-order valence-corrected chi connectivity index (χ4v) is 0.515. The maximum Gasteiger partial charge on any atom is 0.469 e. The lowest BCUT2D eigenvalue weighted by molar-refractivity contribution is 0.202. The van der Waals surface area contributed by atoms with Crippen molar-refractivity contribution in [3.63, 3.8) is 0 Å². The number of hydrogen-bond acceptors (Lipinski definition) is 4. The van der Waals surface area contributed by atoms with Gasteiger partial charge in [0.2, 0.25) is 0 Å². The molecule has 9 nitrogen and oxygen atoms in total. The Bertz CT molecular complexity index is 196. The molecule has 11 heteroatoms. The highest BCUT2D eigenvalue weighted by Gasteiger charge is 2.11. The van der Waals surface area contributed by atoms with E-state index in [-0.39, 0.29) is 13.2 Å². The van der Waals surface area contributed by atoms with E-state index in [0.717, 1.165) is 0 Å². The molecule has 13 heavy (non-hydrogen) atoms. The maximum absolute atomic E-state index is 9.81. The highest BCUT2D eigenvalue weighted by Crippen LogP contribution is 2.34. The van der Waals surface area contributed by atoms with Crippen molar-refractivity contribution < 1.29 is 38.1 Å². The zero-order valence-electron chi connectivity index (χ0n) is 6.35. The minimum atomic E-state index is -4.64. The van der Waals surface area contributed by atoms with Crippen LogP contribution in [0.3, 0.4) is 0 Å². The summed E-state index contributed by atoms with van der Waals surface area (Å²) in [6.45, 7) is 0.00931. The summed E-state index contributed by atoms with van der Waals surface area (Å²) in [4.78, 5) is 37.5. The molecule has 0 atom stereocenters. The van der Waals surface area contributed by atoms with E-state index in [2.05, 4.69) is 4.52 Å². The molecule has 82 valence electrons. The van der Waals surface area contributed by atoms with Crippen molar-refractivity contribution in [3.8, 4) is 0 Å². The first-order valence-electron chi connectivity index (χ1n) is 2.74. The molecule has 0 spiro atoms. The van der Waals surface area contributed by atoms with Gasteiger partial charge in [-0.25, -0.2) is 9.13 Å². The fourth-order valence-electron chi connectivity index (χ4n) is 0.172. The topological polar surface area (TPSA) is 171 Å². The van der Waals surface area contributed by atoms with Crippen LogP contribution in [0.2, 0.25) is 0 Å². The molecule has 7 N–H and O–H groups in total. The van der Waals surface area contributed by atoms with Gasteiger partial charge in [-0.15, -0.1) is 0 Å². The molecule has 0 saturated heterocycles. The Morgan fingerprint density at radius 3 is 1.46 bits per heavy atom. The Labute approximate surface area is 73.6 Å². The van der Waals surface area contributed by atoms with Crippen LogP contribution in [0.25, 0.3) is 0 Å². The van der Waals surface area contributed by atoms with Crippen LogP contribution in [0, 0.1) is 0 Å². The highest BCUT2D eigenvalue weighted by atomic mass is 31.2. The monoisotopic (exact) mass is 239 g/mol. The van der Waals surface area contributed by atoms with Crippen molar-refractivity contribution in [2.24, 2.45) is 5.73 Å². The molecule has 0 bridgehead atoms. The van der Waals surface area contributed by atoms with E-state index in [0.29, 0.717) is 0 Å². The van der Waals surface area contributed by atoms with Crippen LogP contribution in [0.4, 0.5) is 0 Å². The number of rotatable bonds is 3. The van der Waals surface area contributed by atoms with Crippen molar-refractivity contribution in [2.75, 3.05) is 13.2 Å². The molecule has 0 fully saturated rings. The van der Waals surface area contributed by atoms with Crippen molar-refractivity contribution in [1.29, 1.82) is 0 Å². The predicted octanol–water partition coefficient (Wildman–Crippen LogP) is -1.87. The van der Waals surface area contributed by atoms with Crippen LogP contribution in [-0.4, -0.2) is 37.6 Å². The van der Waals surface area contributed by atoms with Gasteiger partial charge in [0.1, 0.15) is 0 Å². The molecule has 0 aliphatic carbocycles. The van der Waals surface area contributed by atoms with Gasteiger partial charge in [0.05, 0.1) is 6.61 Å². The van der Waals surface area contributed by atoms with E-state index < -0.39 is 15.6 Å². The second kappa shape index (κ2) is 6.61. The molecule has 0 aromatic heterocycles. The molecular formula is C2H11NO8P2. The number of hydrogen-bond donors (Lipinski definition) is 6. The van der Waals surface area contributed by atoms with Gasteiger partial charge in [0.25, 0.3) is 0 Å². The molecule has 0 aromatic carbocycles. The van der Waals surface area contributed by atoms with E-state index in [1.165, 1.54) is 0 Å². The zero-order valence-corrected chi connectivity index (χ0v) is 8.14. The summed E-state index contributed by atoms with van der Waals surface area (Å²) in [6.07, 6.45) is 0. The molecule has 0 aromatic rings. The third kappa shape index (κ3) is 47.0. The molecule has 0 radical (unpaired) electrons. The second-order valence-electron chi connectivity index (χ2n) is 1.63. The summed E-state index contributed by atoms with van der Waals surface area (Å²) >= 11 is 0. The van der Waals surface area contributed by atoms with E-state index in [9.17, 15) is 4.57 Å². The van der Waals surface area contributed by atoms with Gasteiger partial charge in [-0.1, -0.05) is 0 Å². The van der Waals surface area contributed by atoms with Crippen molar-refractivity contribution >= 4 is 15.6 Å². The van der Waals surface area contributed by atoms with Gasteiger partial charge in [0, 0.05) is 6.54 Å². The average molecular weight is 239 g/mol. The smallest absolute Gasteiger partial charge is 0.328 e. The summed E-state index contributed by atoms with van der Waals surface area (Å²) in [5.74, 6) is 0. The van der Waals surface area contributed by atoms with Crippen LogP contribution in [0.5, 0.6) is 0 Å². The third-order valence-corrected chi connectivity index (χ3v) is 0.896. The summed E-state index contributed by atoms with van der Waals surface area (Å²) in [6, 6.07) is 0. The molecule has 0 unspecified atom stereocenters. The number of phosphoric ester groups is 1. The predicted molar refractivity (Wildman–Crippen MR) is 41.3 cm³/mol. The van der Waals surface area contributed by atoms with Crippen molar-refractivity contribution in [2.45, 2.75) is 0 Å². The quantitative estimate of drug-likeness (QED) is 0.308. The molecule has 0 aliphatic heterocycles. The normalized spacial score (nSPS) is 11.8. The minimum absolute atomic E-state index is 0.107. The lowest BCUT2D eigenvalue weighted by Crippen LogP contribution is -2.06. The highest BCUT2D eigenvalue weighted by molar-refractivity contribution is 7.46. The van der Waals surface area contributed by atoms with Gasteiger partial charge < -0.3 is 30.2 Å². The molecule has 0 saturated carbocycles. The Balaban J connectivity index is 0. The van der Waals surface area contributed by atoms with Gasteiger partial charge in [-0.2, -0.15) is 0 Å². The SMILES string of the molecule is NCCOP(=O)(O)O.O=P(O)(O)O. The number of nitrogens with two attached hydrogens (primary N) is 1. The van der Waals surface area contributed by atoms with Crippen molar-refractivity contribution in [3.05, 3.63) is 0 Å². The summed E-state index contributed by atoms with van der Waals surface area (Å²) in [5, 5.41) is 0. The number of phosphoric acid groups is 2. The summed E-state index contributed by atoms with van der Waals surface area (Å²) < 4.78 is 22.6. The third-order valence-electron chi connectivity index (χ3n) is 0.377. The van der Waals surface area contributed by atoms with Crippen LogP contribution in [0.1, 0.15) is 0 Å². The first-order valence-corrected chi connectivity index (χ1v) is 5.84. The van der Waals surface area contributed by atoms with Gasteiger partial charge in [-0.3, -0.25) is 4.52 Å². The molecule has 0 aliphatic rings. The van der Waals surface area contributed by atoms with Crippen LogP contribution in [0.15, 0.2) is 0 Å².